The van der Waals surface area contributed by atoms with E-state index >= 15 is 0 Å². The summed E-state index contributed by atoms with van der Waals surface area (Å²) >= 11 is 0. The predicted octanol–water partition coefficient (Wildman–Crippen LogP) is 1.34. The zero-order valence-corrected chi connectivity index (χ0v) is 12.7. The molecule has 1 atom stereocenters. The van der Waals surface area contributed by atoms with Gasteiger partial charge in [0, 0.05) is 0 Å². The zero-order valence-electron chi connectivity index (χ0n) is 11.9. The van der Waals surface area contributed by atoms with Gasteiger partial charge in [0.2, 0.25) is 0 Å². The smallest absolute Gasteiger partial charge is 0.264 e. The van der Waals surface area contributed by atoms with Crippen LogP contribution in [0.3, 0.4) is 0 Å². The second-order valence-electron chi connectivity index (χ2n) is 4.66. The minimum absolute atomic E-state index is 0.0303. The van der Waals surface area contributed by atoms with Crippen molar-refractivity contribution in [2.24, 2.45) is 0 Å². The summed E-state index contributed by atoms with van der Waals surface area (Å²) in [4.78, 5) is 4.06. The van der Waals surface area contributed by atoms with Crippen molar-refractivity contribution in [2.45, 2.75) is 31.8 Å². The van der Waals surface area contributed by atoms with E-state index in [0.717, 1.165) is 0 Å². The Morgan fingerprint density at radius 2 is 1.90 bits per heavy atom. The van der Waals surface area contributed by atoms with E-state index in [2.05, 4.69) is 19.9 Å². The highest BCUT2D eigenvalue weighted by Crippen LogP contribution is 2.18. The van der Waals surface area contributed by atoms with Gasteiger partial charge in [-0.15, -0.1) is 5.10 Å². The quantitative estimate of drug-likeness (QED) is 0.883. The third kappa shape index (κ3) is 3.53. The molecule has 8 heteroatoms. The summed E-state index contributed by atoms with van der Waals surface area (Å²) in [6, 6.07) is 6.05. The lowest BCUT2D eigenvalue weighted by Gasteiger charge is -2.09. The molecule has 0 saturated heterocycles. The van der Waals surface area contributed by atoms with Gasteiger partial charge in [0.05, 0.1) is 22.4 Å². The predicted molar refractivity (Wildman–Crippen MR) is 77.2 cm³/mol. The second-order valence-corrected chi connectivity index (χ2v) is 6.34. The Bertz CT molecular complexity index is 760. The third-order valence-electron chi connectivity index (χ3n) is 2.97. The number of anilines is 1. The van der Waals surface area contributed by atoms with Gasteiger partial charge in [-0.1, -0.05) is 12.1 Å². The average Bonchev–Trinajstić information content (AvgIpc) is 2.43. The van der Waals surface area contributed by atoms with Crippen LogP contribution in [0.2, 0.25) is 0 Å². The lowest BCUT2D eigenvalue weighted by molar-refractivity contribution is 0.199. The van der Waals surface area contributed by atoms with Crippen molar-refractivity contribution in [3.05, 3.63) is 41.2 Å². The molecule has 0 aliphatic rings. The van der Waals surface area contributed by atoms with E-state index in [-0.39, 0.29) is 10.8 Å². The molecule has 0 saturated carbocycles. The van der Waals surface area contributed by atoms with Crippen molar-refractivity contribution in [2.75, 3.05) is 4.72 Å². The van der Waals surface area contributed by atoms with Crippen LogP contribution in [0.1, 0.15) is 30.0 Å². The van der Waals surface area contributed by atoms with Gasteiger partial charge in [-0.2, -0.15) is 5.10 Å². The first-order valence-electron chi connectivity index (χ1n) is 6.28. The maximum Gasteiger partial charge on any atom is 0.264 e. The summed E-state index contributed by atoms with van der Waals surface area (Å²) in [6.45, 7) is 5.02. The first-order valence-corrected chi connectivity index (χ1v) is 7.76. The Hall–Kier alpha value is -2.06. The summed E-state index contributed by atoms with van der Waals surface area (Å²) in [5.41, 5.74) is 1.74. The van der Waals surface area contributed by atoms with Crippen LogP contribution in [0.15, 0.2) is 29.2 Å². The summed E-state index contributed by atoms with van der Waals surface area (Å²) in [5.74, 6) is -0.0828. The van der Waals surface area contributed by atoms with Crippen LogP contribution in [-0.4, -0.2) is 28.7 Å². The number of rotatable bonds is 4. The topological polar surface area (TPSA) is 105 Å². The Labute approximate surface area is 123 Å². The van der Waals surface area contributed by atoms with Crippen LogP contribution in [0.4, 0.5) is 5.95 Å². The molecule has 112 valence electrons. The number of hydrogen-bond acceptors (Lipinski definition) is 6. The van der Waals surface area contributed by atoms with E-state index in [9.17, 15) is 13.5 Å². The van der Waals surface area contributed by atoms with E-state index in [0.29, 0.717) is 17.0 Å². The van der Waals surface area contributed by atoms with E-state index in [4.69, 9.17) is 0 Å². The molecular weight excluding hydrogens is 292 g/mol. The summed E-state index contributed by atoms with van der Waals surface area (Å²) in [5, 5.41) is 17.1. The maximum atomic E-state index is 12.3. The second kappa shape index (κ2) is 5.74. The van der Waals surface area contributed by atoms with Crippen molar-refractivity contribution < 1.29 is 13.5 Å². The Balaban J connectivity index is 2.33. The highest BCUT2D eigenvalue weighted by molar-refractivity contribution is 7.92. The number of hydrogen-bond donors (Lipinski definition) is 2. The molecule has 1 unspecified atom stereocenters. The number of benzene rings is 1. The number of nitrogens with zero attached hydrogens (tertiary/aromatic N) is 3. The number of nitrogens with one attached hydrogen (secondary N) is 1. The van der Waals surface area contributed by atoms with Crippen LogP contribution < -0.4 is 4.72 Å². The van der Waals surface area contributed by atoms with E-state index < -0.39 is 16.1 Å². The van der Waals surface area contributed by atoms with Gasteiger partial charge in [-0.3, -0.25) is 0 Å². The van der Waals surface area contributed by atoms with Crippen molar-refractivity contribution in [3.63, 3.8) is 0 Å². The van der Waals surface area contributed by atoms with Crippen LogP contribution in [0, 0.1) is 13.8 Å². The molecule has 0 radical (unpaired) electrons. The van der Waals surface area contributed by atoms with Gasteiger partial charge < -0.3 is 5.11 Å². The van der Waals surface area contributed by atoms with Crippen LogP contribution in [0.25, 0.3) is 0 Å². The third-order valence-corrected chi connectivity index (χ3v) is 4.29. The minimum Gasteiger partial charge on any atom is -0.389 e. The van der Waals surface area contributed by atoms with Gasteiger partial charge in [0.25, 0.3) is 16.0 Å². The van der Waals surface area contributed by atoms with Crippen molar-refractivity contribution in [1.29, 1.82) is 0 Å². The highest BCUT2D eigenvalue weighted by Gasteiger charge is 2.17. The first kappa shape index (κ1) is 15.3. The number of aryl methyl sites for hydroxylation is 2. The van der Waals surface area contributed by atoms with Crippen molar-refractivity contribution in [1.82, 2.24) is 15.2 Å². The number of aliphatic hydroxyl groups is 1. The molecule has 2 aromatic rings. The normalized spacial score (nSPS) is 13.0. The first-order chi connectivity index (χ1) is 9.79. The van der Waals surface area contributed by atoms with Crippen molar-refractivity contribution >= 4 is 16.0 Å². The van der Waals surface area contributed by atoms with Crippen LogP contribution >= 0.6 is 0 Å². The largest absolute Gasteiger partial charge is 0.389 e. The molecule has 0 fully saturated rings. The summed E-state index contributed by atoms with van der Waals surface area (Å²) in [7, 11) is -3.83. The molecule has 1 heterocycles. The van der Waals surface area contributed by atoms with Crippen LogP contribution in [-0.2, 0) is 10.0 Å². The molecule has 0 bridgehead atoms. The molecule has 1 aromatic heterocycles. The van der Waals surface area contributed by atoms with Gasteiger partial charge in [0.15, 0.2) is 0 Å². The fraction of sp³-hybridized carbons (Fsp3) is 0.308. The molecule has 0 aliphatic heterocycles. The Kier molecular flexibility index (Phi) is 4.19. The Morgan fingerprint density at radius 1 is 1.19 bits per heavy atom. The molecular formula is C13H16N4O3S. The zero-order chi connectivity index (χ0) is 15.6. The number of sulfonamides is 1. The molecule has 2 N–H and O–H groups in total. The molecule has 0 amide bonds. The lowest BCUT2D eigenvalue weighted by atomic mass is 10.1. The van der Waals surface area contributed by atoms with E-state index in [1.165, 1.54) is 12.1 Å². The highest BCUT2D eigenvalue weighted by atomic mass is 32.2. The average molecular weight is 308 g/mol. The molecule has 0 spiro atoms. The number of aliphatic hydroxyl groups excluding tert-OH is 1. The van der Waals surface area contributed by atoms with Gasteiger partial charge in [0.1, 0.15) is 0 Å². The summed E-state index contributed by atoms with van der Waals surface area (Å²) < 4.78 is 26.8. The van der Waals surface area contributed by atoms with Gasteiger partial charge in [-0.25, -0.2) is 18.1 Å². The van der Waals surface area contributed by atoms with Gasteiger partial charge in [-0.05, 0) is 38.5 Å². The SMILES string of the molecule is Cc1nnc(NS(=O)(=O)c2cccc(C(C)O)c2)nc1C. The monoisotopic (exact) mass is 308 g/mol. The van der Waals surface area contributed by atoms with E-state index in [1.54, 1.807) is 32.9 Å². The van der Waals surface area contributed by atoms with E-state index in [1.807, 2.05) is 0 Å². The fourth-order valence-electron chi connectivity index (χ4n) is 1.62. The molecule has 1 aromatic carbocycles. The number of aromatic nitrogens is 3. The standard InChI is InChI=1S/C13H16N4O3S/c1-8-9(2)15-16-13(14-8)17-21(19,20)12-6-4-5-11(7-12)10(3)18/h4-7,10,18H,1-3H3,(H,14,16,17). The lowest BCUT2D eigenvalue weighted by Crippen LogP contribution is -2.16. The molecule has 2 rings (SSSR count). The Morgan fingerprint density at radius 3 is 2.52 bits per heavy atom. The fourth-order valence-corrected chi connectivity index (χ4v) is 2.61. The molecule has 7 nitrogen and oxygen atoms in total. The molecule has 0 aliphatic carbocycles. The van der Waals surface area contributed by atoms with Crippen LogP contribution in [0.5, 0.6) is 0 Å². The minimum atomic E-state index is -3.83. The van der Waals surface area contributed by atoms with Crippen molar-refractivity contribution in [3.8, 4) is 0 Å². The van der Waals surface area contributed by atoms with Gasteiger partial charge >= 0.3 is 0 Å². The maximum absolute atomic E-state index is 12.3. The molecule has 21 heavy (non-hydrogen) atoms. The summed E-state index contributed by atoms with van der Waals surface area (Å²) in [6.07, 6.45) is -0.750.